The number of fused-ring (bicyclic) bond motifs is 1. The van der Waals surface area contributed by atoms with E-state index in [1.807, 2.05) is 24.0 Å². The molecule has 1 saturated carbocycles. The van der Waals surface area contributed by atoms with Gasteiger partial charge in [-0.2, -0.15) is 0 Å². The number of amides is 2. The van der Waals surface area contributed by atoms with E-state index in [9.17, 15) is 9.59 Å². The van der Waals surface area contributed by atoms with Crippen molar-refractivity contribution in [2.75, 3.05) is 26.7 Å². The van der Waals surface area contributed by atoms with E-state index >= 15 is 0 Å². The predicted octanol–water partition coefficient (Wildman–Crippen LogP) is 1.79. The lowest BCUT2D eigenvalue weighted by atomic mass is 9.86. The molecule has 1 aliphatic carbocycles. The number of piperidine rings is 1. The first kappa shape index (κ1) is 22.4. The zero-order valence-electron chi connectivity index (χ0n) is 19.7. The summed E-state index contributed by atoms with van der Waals surface area (Å²) >= 11 is 0. The summed E-state index contributed by atoms with van der Waals surface area (Å²) in [6, 6.07) is 7.99. The molecule has 3 heterocycles. The van der Waals surface area contributed by atoms with Crippen LogP contribution in [0.4, 0.5) is 4.79 Å². The summed E-state index contributed by atoms with van der Waals surface area (Å²) in [5.41, 5.74) is 3.56. The lowest BCUT2D eigenvalue weighted by Gasteiger charge is -2.54. The van der Waals surface area contributed by atoms with Gasteiger partial charge in [-0.15, -0.1) is 0 Å². The second kappa shape index (κ2) is 9.12. The SMILES string of the molecule is COc1ccccc1OC(=O)N1C[C@H](C)N(C(C)=O)C2CCC(C3CNN(C4CC4)C3)NC21. The van der Waals surface area contributed by atoms with Gasteiger partial charge in [-0.05, 0) is 44.7 Å². The molecule has 180 valence electrons. The molecule has 2 N–H and O–H groups in total. The highest BCUT2D eigenvalue weighted by Gasteiger charge is 2.49. The van der Waals surface area contributed by atoms with Gasteiger partial charge >= 0.3 is 6.09 Å². The third-order valence-corrected chi connectivity index (χ3v) is 7.56. The Labute approximate surface area is 195 Å². The molecule has 4 aliphatic rings. The first-order chi connectivity index (χ1) is 16.0. The zero-order valence-corrected chi connectivity index (χ0v) is 19.7. The lowest BCUT2D eigenvalue weighted by molar-refractivity contribution is -0.142. The molecule has 0 radical (unpaired) electrons. The lowest BCUT2D eigenvalue weighted by Crippen LogP contribution is -2.73. The van der Waals surface area contributed by atoms with Gasteiger partial charge in [0.2, 0.25) is 5.91 Å². The number of methoxy groups -OCH3 is 1. The minimum atomic E-state index is -0.415. The Morgan fingerprint density at radius 3 is 2.52 bits per heavy atom. The smallest absolute Gasteiger partial charge is 0.416 e. The maximum atomic E-state index is 13.4. The van der Waals surface area contributed by atoms with Gasteiger partial charge < -0.3 is 14.4 Å². The van der Waals surface area contributed by atoms with E-state index in [2.05, 4.69) is 15.8 Å². The molecule has 2 amide bonds. The molecular formula is C24H35N5O4. The number of rotatable bonds is 4. The molecular weight excluding hydrogens is 422 g/mol. The quantitative estimate of drug-likeness (QED) is 0.713. The van der Waals surface area contributed by atoms with Crippen LogP contribution >= 0.6 is 0 Å². The van der Waals surface area contributed by atoms with Crippen LogP contribution in [0.2, 0.25) is 0 Å². The number of carbonyl (C=O) groups is 2. The molecule has 0 aromatic heterocycles. The summed E-state index contributed by atoms with van der Waals surface area (Å²) in [5, 5.41) is 6.15. The highest BCUT2D eigenvalue weighted by molar-refractivity contribution is 5.76. The van der Waals surface area contributed by atoms with Crippen LogP contribution < -0.4 is 20.2 Å². The van der Waals surface area contributed by atoms with Crippen LogP contribution in [0.5, 0.6) is 11.5 Å². The molecule has 5 rings (SSSR count). The van der Waals surface area contributed by atoms with E-state index in [-0.39, 0.29) is 30.2 Å². The van der Waals surface area contributed by atoms with Gasteiger partial charge in [0.05, 0.1) is 13.2 Å². The number of piperazine rings is 1. The first-order valence-corrected chi connectivity index (χ1v) is 12.1. The van der Waals surface area contributed by atoms with Crippen LogP contribution in [-0.2, 0) is 4.79 Å². The summed E-state index contributed by atoms with van der Waals surface area (Å²) in [7, 11) is 1.56. The third kappa shape index (κ3) is 4.41. The number of hydrazine groups is 1. The fourth-order valence-electron chi connectivity index (χ4n) is 5.83. The van der Waals surface area contributed by atoms with Crippen molar-refractivity contribution in [3.05, 3.63) is 24.3 Å². The van der Waals surface area contributed by atoms with Crippen molar-refractivity contribution in [3.8, 4) is 11.5 Å². The Morgan fingerprint density at radius 2 is 1.82 bits per heavy atom. The minimum absolute atomic E-state index is 0.0536. The Morgan fingerprint density at radius 1 is 1.06 bits per heavy atom. The van der Waals surface area contributed by atoms with E-state index in [1.165, 1.54) is 12.8 Å². The normalized spacial score (nSPS) is 32.4. The molecule has 5 atom stereocenters. The van der Waals surface area contributed by atoms with Crippen molar-refractivity contribution < 1.29 is 19.1 Å². The van der Waals surface area contributed by atoms with Gasteiger partial charge in [0.1, 0.15) is 6.17 Å². The molecule has 1 aromatic carbocycles. The number of nitrogens with zero attached hydrogens (tertiary/aromatic N) is 3. The Bertz CT molecular complexity index is 893. The van der Waals surface area contributed by atoms with Crippen LogP contribution in [0.1, 0.15) is 39.5 Å². The van der Waals surface area contributed by atoms with Gasteiger partial charge in [0, 0.05) is 50.6 Å². The Balaban J connectivity index is 1.35. The fourth-order valence-corrected chi connectivity index (χ4v) is 5.83. The standard InChI is InChI=1S/C24H35N5O4/c1-15-13-27(24(31)33-22-7-5-4-6-21(22)32-3)23-20(29(15)16(2)30)11-10-19(26-23)17-12-25-28(14-17)18-8-9-18/h4-7,15,17-20,23,25-26H,8-14H2,1-3H3/t15-,17?,19?,20?,23?/m0/s1. The molecule has 0 bridgehead atoms. The molecule has 4 fully saturated rings. The molecule has 4 unspecified atom stereocenters. The minimum Gasteiger partial charge on any atom is -0.493 e. The van der Waals surface area contributed by atoms with E-state index in [0.717, 1.165) is 25.9 Å². The molecule has 0 spiro atoms. The van der Waals surface area contributed by atoms with E-state index in [0.29, 0.717) is 30.0 Å². The monoisotopic (exact) mass is 457 g/mol. The number of benzene rings is 1. The van der Waals surface area contributed by atoms with Crippen LogP contribution in [-0.4, -0.2) is 83.9 Å². The summed E-state index contributed by atoms with van der Waals surface area (Å²) in [4.78, 5) is 29.6. The van der Waals surface area contributed by atoms with Crippen LogP contribution in [0.25, 0.3) is 0 Å². The summed E-state index contributed by atoms with van der Waals surface area (Å²) < 4.78 is 11.1. The fraction of sp³-hybridized carbons (Fsp3) is 0.667. The van der Waals surface area contributed by atoms with Crippen molar-refractivity contribution in [3.63, 3.8) is 0 Å². The van der Waals surface area contributed by atoms with Gasteiger partial charge in [-0.1, -0.05) is 12.1 Å². The Hall–Kier alpha value is -2.36. The van der Waals surface area contributed by atoms with E-state index in [4.69, 9.17) is 9.47 Å². The number of para-hydroxylation sites is 2. The van der Waals surface area contributed by atoms with Gasteiger partial charge in [0.25, 0.3) is 0 Å². The van der Waals surface area contributed by atoms with Crippen LogP contribution in [0.3, 0.4) is 0 Å². The number of hydrogen-bond acceptors (Lipinski definition) is 7. The van der Waals surface area contributed by atoms with Gasteiger partial charge in [0.15, 0.2) is 11.5 Å². The summed E-state index contributed by atoms with van der Waals surface area (Å²) in [5.74, 6) is 1.45. The largest absolute Gasteiger partial charge is 0.493 e. The number of hydrogen-bond donors (Lipinski definition) is 2. The van der Waals surface area contributed by atoms with Crippen molar-refractivity contribution in [1.29, 1.82) is 0 Å². The predicted molar refractivity (Wildman–Crippen MR) is 123 cm³/mol. The van der Waals surface area contributed by atoms with Crippen molar-refractivity contribution in [2.24, 2.45) is 5.92 Å². The van der Waals surface area contributed by atoms with Crippen molar-refractivity contribution in [1.82, 2.24) is 25.6 Å². The highest BCUT2D eigenvalue weighted by atomic mass is 16.6. The average Bonchev–Trinajstić information content (AvgIpc) is 3.54. The van der Waals surface area contributed by atoms with E-state index < -0.39 is 6.09 Å². The Kier molecular flexibility index (Phi) is 6.20. The number of carbonyl (C=O) groups excluding carboxylic acids is 2. The maximum absolute atomic E-state index is 13.4. The molecule has 9 nitrogen and oxygen atoms in total. The van der Waals surface area contributed by atoms with Crippen LogP contribution in [0, 0.1) is 5.92 Å². The van der Waals surface area contributed by atoms with Crippen molar-refractivity contribution >= 4 is 12.0 Å². The second-order valence-electron chi connectivity index (χ2n) is 9.82. The molecule has 33 heavy (non-hydrogen) atoms. The summed E-state index contributed by atoms with van der Waals surface area (Å²) in [6.07, 6.45) is 3.71. The first-order valence-electron chi connectivity index (χ1n) is 12.1. The maximum Gasteiger partial charge on any atom is 0.416 e. The second-order valence-corrected chi connectivity index (χ2v) is 9.82. The molecule has 3 aliphatic heterocycles. The topological polar surface area (TPSA) is 86.4 Å². The number of nitrogens with one attached hydrogen (secondary N) is 2. The van der Waals surface area contributed by atoms with E-state index in [1.54, 1.807) is 31.1 Å². The third-order valence-electron chi connectivity index (χ3n) is 7.56. The molecule has 1 aromatic rings. The average molecular weight is 458 g/mol. The number of ether oxygens (including phenoxy) is 2. The van der Waals surface area contributed by atoms with Crippen molar-refractivity contribution in [2.45, 2.75) is 69.9 Å². The molecule has 9 heteroatoms. The summed E-state index contributed by atoms with van der Waals surface area (Å²) in [6.45, 7) is 6.02. The van der Waals surface area contributed by atoms with Gasteiger partial charge in [-0.3, -0.25) is 20.4 Å². The molecule has 3 saturated heterocycles. The zero-order chi connectivity index (χ0) is 23.1. The van der Waals surface area contributed by atoms with Crippen LogP contribution in [0.15, 0.2) is 24.3 Å². The van der Waals surface area contributed by atoms with Gasteiger partial charge in [-0.25, -0.2) is 9.80 Å². The highest BCUT2D eigenvalue weighted by Crippen LogP contribution is 2.34.